The van der Waals surface area contributed by atoms with Crippen LogP contribution < -0.4 is 0 Å². The van der Waals surface area contributed by atoms with E-state index < -0.39 is 0 Å². The Hall–Kier alpha value is -1.96. The Kier molecular flexibility index (Phi) is 3.33. The molecule has 0 unspecified atom stereocenters. The normalized spacial score (nSPS) is 10.2. The topological polar surface area (TPSA) is 30.0 Å². The highest BCUT2D eigenvalue weighted by atomic mass is 16.1. The van der Waals surface area contributed by atoms with Gasteiger partial charge in [0.05, 0.1) is 0 Å². The van der Waals surface area contributed by atoms with Crippen molar-refractivity contribution < 1.29 is 4.79 Å². The number of aromatic nitrogens is 1. The second kappa shape index (κ2) is 4.91. The molecule has 1 aromatic carbocycles. The summed E-state index contributed by atoms with van der Waals surface area (Å²) in [5.41, 5.74) is 5.43. The Labute approximate surface area is 101 Å². The first-order valence-corrected chi connectivity index (χ1v) is 5.65. The first-order chi connectivity index (χ1) is 8.19. The van der Waals surface area contributed by atoms with Gasteiger partial charge in [-0.1, -0.05) is 23.8 Å². The maximum absolute atomic E-state index is 10.5. The summed E-state index contributed by atoms with van der Waals surface area (Å²) in [6, 6.07) is 10.1. The number of carbonyl (C=O) groups is 1. The third kappa shape index (κ3) is 2.78. The van der Waals surface area contributed by atoms with E-state index in [1.165, 1.54) is 16.7 Å². The molecule has 1 aromatic heterocycles. The first-order valence-electron chi connectivity index (χ1n) is 5.65. The van der Waals surface area contributed by atoms with E-state index in [1.54, 1.807) is 12.3 Å². The zero-order valence-electron chi connectivity index (χ0n) is 10.1. The minimum absolute atomic E-state index is 0.620. The number of nitrogens with zero attached hydrogens (tertiary/aromatic N) is 1. The Balaban J connectivity index is 2.24. The van der Waals surface area contributed by atoms with Crippen LogP contribution in [0.15, 0.2) is 36.5 Å². The van der Waals surface area contributed by atoms with Crippen LogP contribution >= 0.6 is 0 Å². The molecule has 0 fully saturated rings. The van der Waals surface area contributed by atoms with Gasteiger partial charge in [-0.2, -0.15) is 0 Å². The minimum atomic E-state index is 0.620. The van der Waals surface area contributed by atoms with Crippen molar-refractivity contribution in [1.82, 2.24) is 4.98 Å². The van der Waals surface area contributed by atoms with Gasteiger partial charge in [-0.05, 0) is 37.1 Å². The number of aryl methyl sites for hydroxylation is 2. The molecule has 0 aliphatic carbocycles. The van der Waals surface area contributed by atoms with Crippen molar-refractivity contribution in [2.75, 3.05) is 0 Å². The lowest BCUT2D eigenvalue weighted by atomic mass is 10.0. The van der Waals surface area contributed by atoms with Crippen LogP contribution in [0.5, 0.6) is 0 Å². The molecule has 0 aliphatic heterocycles. The van der Waals surface area contributed by atoms with E-state index in [-0.39, 0.29) is 0 Å². The van der Waals surface area contributed by atoms with Crippen molar-refractivity contribution in [1.29, 1.82) is 0 Å². The summed E-state index contributed by atoms with van der Waals surface area (Å²) < 4.78 is 0. The number of aldehydes is 1. The predicted molar refractivity (Wildman–Crippen MR) is 68.3 cm³/mol. The molecule has 2 nitrogen and oxygen atoms in total. The number of rotatable bonds is 3. The van der Waals surface area contributed by atoms with Crippen LogP contribution in [0.25, 0.3) is 0 Å². The second-order valence-corrected chi connectivity index (χ2v) is 4.31. The van der Waals surface area contributed by atoms with Gasteiger partial charge in [0.25, 0.3) is 0 Å². The Bertz CT molecular complexity index is 529. The number of carbonyl (C=O) groups excluding carboxylic acids is 1. The molecule has 0 atom stereocenters. The van der Waals surface area contributed by atoms with Gasteiger partial charge in [-0.15, -0.1) is 0 Å². The first kappa shape index (κ1) is 11.5. The van der Waals surface area contributed by atoms with E-state index in [0.29, 0.717) is 5.56 Å². The summed E-state index contributed by atoms with van der Waals surface area (Å²) in [7, 11) is 0. The lowest BCUT2D eigenvalue weighted by molar-refractivity contribution is 0.112. The van der Waals surface area contributed by atoms with E-state index in [4.69, 9.17) is 0 Å². The van der Waals surface area contributed by atoms with Crippen molar-refractivity contribution in [2.24, 2.45) is 0 Å². The molecular formula is C15H15NO. The van der Waals surface area contributed by atoms with Gasteiger partial charge in [0.15, 0.2) is 6.29 Å². The maximum Gasteiger partial charge on any atom is 0.151 e. The van der Waals surface area contributed by atoms with Gasteiger partial charge in [-0.3, -0.25) is 9.78 Å². The molecule has 0 amide bonds. The molecule has 86 valence electrons. The highest BCUT2D eigenvalue weighted by molar-refractivity contribution is 5.73. The third-order valence-electron chi connectivity index (χ3n) is 2.86. The van der Waals surface area contributed by atoms with E-state index in [9.17, 15) is 4.79 Å². The van der Waals surface area contributed by atoms with Crippen LogP contribution in [-0.4, -0.2) is 11.3 Å². The third-order valence-corrected chi connectivity index (χ3v) is 2.86. The lowest BCUT2D eigenvalue weighted by Gasteiger charge is -2.06. The molecule has 0 saturated carbocycles. The summed E-state index contributed by atoms with van der Waals surface area (Å²) in [4.78, 5) is 14.8. The van der Waals surface area contributed by atoms with Crippen LogP contribution in [0.2, 0.25) is 0 Å². The fraction of sp³-hybridized carbons (Fsp3) is 0.200. The smallest absolute Gasteiger partial charge is 0.151 e. The molecule has 0 saturated heterocycles. The number of pyridine rings is 1. The second-order valence-electron chi connectivity index (χ2n) is 4.31. The average Bonchev–Trinajstić information content (AvgIpc) is 2.35. The van der Waals surface area contributed by atoms with Crippen molar-refractivity contribution in [2.45, 2.75) is 20.3 Å². The van der Waals surface area contributed by atoms with Crippen LogP contribution in [0.3, 0.4) is 0 Å². The summed E-state index contributed by atoms with van der Waals surface area (Å²) in [5.74, 6) is 0. The van der Waals surface area contributed by atoms with Crippen molar-refractivity contribution in [3.05, 3.63) is 64.5 Å². The van der Waals surface area contributed by atoms with Gasteiger partial charge >= 0.3 is 0 Å². The van der Waals surface area contributed by atoms with E-state index in [2.05, 4.69) is 37.0 Å². The highest BCUT2D eigenvalue weighted by Crippen LogP contribution is 2.14. The lowest BCUT2D eigenvalue weighted by Crippen LogP contribution is -1.96. The van der Waals surface area contributed by atoms with Gasteiger partial charge in [0, 0.05) is 23.9 Å². The fourth-order valence-corrected chi connectivity index (χ4v) is 1.80. The monoisotopic (exact) mass is 225 g/mol. The van der Waals surface area contributed by atoms with Crippen LogP contribution in [0.1, 0.15) is 32.7 Å². The standard InChI is InChI=1S/C15H15NO/c1-11-3-4-12(2)14(7-11)8-15-6-5-13(10-17)9-16-15/h3-7,9-10H,8H2,1-2H3. The zero-order valence-corrected chi connectivity index (χ0v) is 10.1. The summed E-state index contributed by atoms with van der Waals surface area (Å²) in [5, 5.41) is 0. The number of benzene rings is 1. The van der Waals surface area contributed by atoms with Gasteiger partial charge in [0.1, 0.15) is 0 Å². The fourth-order valence-electron chi connectivity index (χ4n) is 1.80. The Morgan fingerprint density at radius 1 is 1.18 bits per heavy atom. The molecule has 17 heavy (non-hydrogen) atoms. The van der Waals surface area contributed by atoms with Crippen molar-refractivity contribution in [3.63, 3.8) is 0 Å². The van der Waals surface area contributed by atoms with Crippen molar-refractivity contribution in [3.8, 4) is 0 Å². The molecule has 2 heteroatoms. The van der Waals surface area contributed by atoms with Gasteiger partial charge < -0.3 is 0 Å². The molecule has 2 rings (SSSR count). The van der Waals surface area contributed by atoms with Gasteiger partial charge in [0.2, 0.25) is 0 Å². The molecule has 2 aromatic rings. The van der Waals surface area contributed by atoms with Gasteiger partial charge in [-0.25, -0.2) is 0 Å². The number of hydrogen-bond donors (Lipinski definition) is 0. The molecule has 0 aliphatic rings. The molecule has 1 heterocycles. The zero-order chi connectivity index (χ0) is 12.3. The highest BCUT2D eigenvalue weighted by Gasteiger charge is 2.02. The van der Waals surface area contributed by atoms with E-state index in [1.807, 2.05) is 6.07 Å². The van der Waals surface area contributed by atoms with Crippen molar-refractivity contribution >= 4 is 6.29 Å². The van der Waals surface area contributed by atoms with E-state index in [0.717, 1.165) is 18.4 Å². The minimum Gasteiger partial charge on any atom is -0.298 e. The molecule has 0 bridgehead atoms. The SMILES string of the molecule is Cc1ccc(C)c(Cc2ccc(C=O)cn2)c1. The average molecular weight is 225 g/mol. The quantitative estimate of drug-likeness (QED) is 0.751. The van der Waals surface area contributed by atoms with Crippen LogP contribution in [0.4, 0.5) is 0 Å². The molecule has 0 radical (unpaired) electrons. The Morgan fingerprint density at radius 2 is 2.00 bits per heavy atom. The largest absolute Gasteiger partial charge is 0.298 e. The summed E-state index contributed by atoms with van der Waals surface area (Å²) >= 11 is 0. The number of hydrogen-bond acceptors (Lipinski definition) is 2. The summed E-state index contributed by atoms with van der Waals surface area (Å²) in [6.45, 7) is 4.19. The van der Waals surface area contributed by atoms with Crippen LogP contribution in [-0.2, 0) is 6.42 Å². The van der Waals surface area contributed by atoms with E-state index >= 15 is 0 Å². The molecule has 0 spiro atoms. The molecular weight excluding hydrogens is 210 g/mol. The Morgan fingerprint density at radius 3 is 2.65 bits per heavy atom. The summed E-state index contributed by atoms with van der Waals surface area (Å²) in [6.07, 6.45) is 3.24. The predicted octanol–water partition coefficient (Wildman–Crippen LogP) is 3.10. The molecule has 0 N–H and O–H groups in total. The van der Waals surface area contributed by atoms with Crippen LogP contribution in [0, 0.1) is 13.8 Å². The maximum atomic E-state index is 10.5.